The van der Waals surface area contributed by atoms with Crippen LogP contribution in [0.25, 0.3) is 21.8 Å². The van der Waals surface area contributed by atoms with Crippen molar-refractivity contribution < 1.29 is 8.78 Å². The molecule has 2 aromatic heterocycles. The number of thiazole rings is 1. The molecule has 3 N–H and O–H groups in total. The van der Waals surface area contributed by atoms with Crippen LogP contribution >= 0.6 is 11.3 Å². The number of nitrogens with zero attached hydrogens (tertiary/aromatic N) is 2. The summed E-state index contributed by atoms with van der Waals surface area (Å²) in [5, 5.41) is 8.78. The fourth-order valence-electron chi connectivity index (χ4n) is 1.70. The van der Waals surface area contributed by atoms with E-state index in [1.54, 1.807) is 11.6 Å². The number of hydrogen-bond donors (Lipinski definition) is 2. The Kier molecular flexibility index (Phi) is 2.75. The molecule has 3 rings (SSSR count). The maximum Gasteiger partial charge on any atom is 0.129 e. The Morgan fingerprint density at radius 2 is 1.89 bits per heavy atom. The Balaban J connectivity index is 2.04. The number of nitrogen functional groups attached to an aromatic ring is 1. The molecule has 0 unspecified atom stereocenters. The van der Waals surface area contributed by atoms with Gasteiger partial charge in [0.15, 0.2) is 0 Å². The molecule has 1 aromatic carbocycles. The molecule has 0 saturated heterocycles. The van der Waals surface area contributed by atoms with Gasteiger partial charge in [0.25, 0.3) is 0 Å². The van der Waals surface area contributed by atoms with Crippen LogP contribution < -0.4 is 5.73 Å². The quantitative estimate of drug-likeness (QED) is 0.757. The lowest BCUT2D eigenvalue weighted by molar-refractivity contribution is 0.584. The first-order valence-electron chi connectivity index (χ1n) is 5.34. The van der Waals surface area contributed by atoms with Crippen molar-refractivity contribution >= 4 is 17.2 Å². The lowest BCUT2D eigenvalue weighted by Gasteiger charge is -1.98. The van der Waals surface area contributed by atoms with Crippen molar-refractivity contribution in [2.24, 2.45) is 0 Å². The van der Waals surface area contributed by atoms with Crippen molar-refractivity contribution in [1.29, 1.82) is 0 Å². The molecular weight excluding hydrogens is 270 g/mol. The zero-order valence-electron chi connectivity index (χ0n) is 9.52. The van der Waals surface area contributed by atoms with Crippen molar-refractivity contribution in [2.75, 3.05) is 5.73 Å². The fourth-order valence-corrected chi connectivity index (χ4v) is 2.55. The SMILES string of the molecule is Nc1[nH]ncc1-c1nc(-c2cc(F)cc(F)c2)cs1. The molecule has 0 saturated carbocycles. The van der Waals surface area contributed by atoms with E-state index in [-0.39, 0.29) is 0 Å². The van der Waals surface area contributed by atoms with Crippen molar-refractivity contribution in [3.8, 4) is 21.8 Å². The number of aromatic nitrogens is 3. The normalized spacial score (nSPS) is 10.8. The van der Waals surface area contributed by atoms with Crippen LogP contribution in [0.2, 0.25) is 0 Å². The summed E-state index contributed by atoms with van der Waals surface area (Å²) in [7, 11) is 0. The number of halogens is 2. The maximum atomic E-state index is 13.2. The number of nitrogens with two attached hydrogens (primary N) is 1. The van der Waals surface area contributed by atoms with E-state index in [0.29, 0.717) is 27.6 Å². The van der Waals surface area contributed by atoms with Gasteiger partial charge < -0.3 is 5.73 Å². The number of H-pyrrole nitrogens is 1. The van der Waals surface area contributed by atoms with Crippen LogP contribution in [0.4, 0.5) is 14.6 Å². The predicted molar refractivity (Wildman–Crippen MR) is 69.5 cm³/mol. The minimum Gasteiger partial charge on any atom is -0.383 e. The van der Waals surface area contributed by atoms with Crippen LogP contribution in [0.5, 0.6) is 0 Å². The highest BCUT2D eigenvalue weighted by atomic mass is 32.1. The molecule has 0 aliphatic heterocycles. The summed E-state index contributed by atoms with van der Waals surface area (Å²) in [6, 6.07) is 3.30. The number of hydrogen-bond acceptors (Lipinski definition) is 4. The molecule has 0 atom stereocenters. The van der Waals surface area contributed by atoms with Crippen molar-refractivity contribution in [3.63, 3.8) is 0 Å². The molecule has 0 aliphatic carbocycles. The zero-order chi connectivity index (χ0) is 13.4. The number of rotatable bonds is 2. The third-order valence-corrected chi connectivity index (χ3v) is 3.44. The van der Waals surface area contributed by atoms with E-state index < -0.39 is 11.6 Å². The van der Waals surface area contributed by atoms with Crippen LogP contribution in [0.1, 0.15) is 0 Å². The molecule has 3 aromatic rings. The Hall–Kier alpha value is -2.28. The van der Waals surface area contributed by atoms with E-state index in [2.05, 4.69) is 15.2 Å². The van der Waals surface area contributed by atoms with Gasteiger partial charge in [0.2, 0.25) is 0 Å². The fraction of sp³-hybridized carbons (Fsp3) is 0. The lowest BCUT2D eigenvalue weighted by atomic mass is 10.1. The number of aromatic amines is 1. The summed E-state index contributed by atoms with van der Waals surface area (Å²) >= 11 is 1.33. The van der Waals surface area contributed by atoms with E-state index in [9.17, 15) is 8.78 Å². The predicted octanol–water partition coefficient (Wildman–Crippen LogP) is 3.06. The first-order valence-corrected chi connectivity index (χ1v) is 6.22. The van der Waals surface area contributed by atoms with Gasteiger partial charge in [-0.1, -0.05) is 0 Å². The van der Waals surface area contributed by atoms with Crippen LogP contribution in [0.3, 0.4) is 0 Å². The summed E-state index contributed by atoms with van der Waals surface area (Å²) < 4.78 is 26.3. The van der Waals surface area contributed by atoms with E-state index in [0.717, 1.165) is 6.07 Å². The van der Waals surface area contributed by atoms with Crippen LogP contribution in [0.15, 0.2) is 29.8 Å². The molecule has 96 valence electrons. The van der Waals surface area contributed by atoms with E-state index >= 15 is 0 Å². The third-order valence-electron chi connectivity index (χ3n) is 2.56. The number of anilines is 1. The molecule has 0 amide bonds. The van der Waals surface area contributed by atoms with Crippen LogP contribution in [0, 0.1) is 11.6 Å². The van der Waals surface area contributed by atoms with Gasteiger partial charge >= 0.3 is 0 Å². The van der Waals surface area contributed by atoms with Gasteiger partial charge in [-0.05, 0) is 12.1 Å². The summed E-state index contributed by atoms with van der Waals surface area (Å²) in [5.41, 5.74) is 7.26. The molecule has 0 radical (unpaired) electrons. The maximum absolute atomic E-state index is 13.2. The standard InChI is InChI=1S/C12H8F2N4S/c13-7-1-6(2-8(14)3-7)10-5-19-12(17-10)9-4-16-18-11(9)15/h1-5H,(H3,15,16,18). The highest BCUT2D eigenvalue weighted by Gasteiger charge is 2.12. The molecule has 0 fully saturated rings. The van der Waals surface area contributed by atoms with Gasteiger partial charge in [-0.3, -0.25) is 5.10 Å². The minimum absolute atomic E-state index is 0.391. The highest BCUT2D eigenvalue weighted by Crippen LogP contribution is 2.31. The van der Waals surface area contributed by atoms with Crippen LogP contribution in [-0.4, -0.2) is 15.2 Å². The smallest absolute Gasteiger partial charge is 0.129 e. The second kappa shape index (κ2) is 4.43. The average Bonchev–Trinajstić information content (AvgIpc) is 2.95. The average molecular weight is 278 g/mol. The van der Waals surface area contributed by atoms with Gasteiger partial charge in [-0.2, -0.15) is 5.10 Å². The van der Waals surface area contributed by atoms with E-state index in [4.69, 9.17) is 5.73 Å². The van der Waals surface area contributed by atoms with Crippen LogP contribution in [-0.2, 0) is 0 Å². The minimum atomic E-state index is -0.632. The van der Waals surface area contributed by atoms with Gasteiger partial charge in [0, 0.05) is 17.0 Å². The second-order valence-electron chi connectivity index (χ2n) is 3.89. The molecule has 0 bridgehead atoms. The first-order chi connectivity index (χ1) is 9.13. The van der Waals surface area contributed by atoms with Crippen molar-refractivity contribution in [3.05, 3.63) is 41.4 Å². The summed E-state index contributed by atoms with van der Waals surface area (Å²) in [6.45, 7) is 0. The van der Waals surface area contributed by atoms with Gasteiger partial charge in [-0.25, -0.2) is 13.8 Å². The second-order valence-corrected chi connectivity index (χ2v) is 4.75. The van der Waals surface area contributed by atoms with E-state index in [1.807, 2.05) is 0 Å². The topological polar surface area (TPSA) is 67.6 Å². The monoisotopic (exact) mass is 278 g/mol. The molecule has 0 spiro atoms. The van der Waals surface area contributed by atoms with Gasteiger partial charge in [-0.15, -0.1) is 11.3 Å². The molecule has 0 aliphatic rings. The number of benzene rings is 1. The molecule has 4 nitrogen and oxygen atoms in total. The Morgan fingerprint density at radius 3 is 2.53 bits per heavy atom. The summed E-state index contributed by atoms with van der Waals surface area (Å²) in [4.78, 5) is 4.31. The molecule has 19 heavy (non-hydrogen) atoms. The van der Waals surface area contributed by atoms with Gasteiger partial charge in [0.1, 0.15) is 22.5 Å². The Bertz CT molecular complexity index is 715. The largest absolute Gasteiger partial charge is 0.383 e. The lowest BCUT2D eigenvalue weighted by Crippen LogP contribution is -1.88. The number of nitrogens with one attached hydrogen (secondary N) is 1. The zero-order valence-corrected chi connectivity index (χ0v) is 10.3. The van der Waals surface area contributed by atoms with E-state index in [1.165, 1.54) is 23.5 Å². The summed E-state index contributed by atoms with van der Waals surface area (Å²) in [5.74, 6) is -0.855. The van der Waals surface area contributed by atoms with Gasteiger partial charge in [0.05, 0.1) is 17.5 Å². The Labute approximate surface area is 110 Å². The van der Waals surface area contributed by atoms with Crippen molar-refractivity contribution in [2.45, 2.75) is 0 Å². The summed E-state index contributed by atoms with van der Waals surface area (Å²) in [6.07, 6.45) is 1.56. The first kappa shape index (κ1) is 11.8. The molecule has 2 heterocycles. The Morgan fingerprint density at radius 1 is 1.16 bits per heavy atom. The third kappa shape index (κ3) is 2.19. The van der Waals surface area contributed by atoms with Crippen molar-refractivity contribution in [1.82, 2.24) is 15.2 Å². The molecular formula is C12H8F2N4S. The molecule has 7 heteroatoms. The highest BCUT2D eigenvalue weighted by molar-refractivity contribution is 7.13.